The zero-order valence-electron chi connectivity index (χ0n) is 11.1. The van der Waals surface area contributed by atoms with Gasteiger partial charge in [0.05, 0.1) is 12.6 Å². The van der Waals surface area contributed by atoms with Crippen molar-refractivity contribution in [3.05, 3.63) is 0 Å². The van der Waals surface area contributed by atoms with E-state index in [9.17, 15) is 9.90 Å². The first-order valence-corrected chi connectivity index (χ1v) is 6.80. The number of nitrogens with zero attached hydrogens (tertiary/aromatic N) is 1. The van der Waals surface area contributed by atoms with Crippen LogP contribution in [0.4, 0.5) is 0 Å². The number of hydrogen-bond acceptors (Lipinski definition) is 3. The van der Waals surface area contributed by atoms with Crippen LogP contribution < -0.4 is 5.32 Å². The third-order valence-electron chi connectivity index (χ3n) is 3.47. The van der Waals surface area contributed by atoms with E-state index in [0.717, 1.165) is 25.9 Å². The summed E-state index contributed by atoms with van der Waals surface area (Å²) in [6.45, 7) is 6.96. The van der Waals surface area contributed by atoms with Gasteiger partial charge in [0.2, 0.25) is 5.91 Å². The number of aliphatic hydroxyl groups excluding tert-OH is 1. The second-order valence-corrected chi connectivity index (χ2v) is 5.13. The fourth-order valence-electron chi connectivity index (χ4n) is 2.12. The maximum atomic E-state index is 11.6. The molecule has 2 unspecified atom stereocenters. The lowest BCUT2D eigenvalue weighted by Crippen LogP contribution is -2.47. The van der Waals surface area contributed by atoms with E-state index >= 15 is 0 Å². The van der Waals surface area contributed by atoms with Gasteiger partial charge in [-0.15, -0.1) is 0 Å². The van der Waals surface area contributed by atoms with Crippen molar-refractivity contribution >= 4 is 5.91 Å². The lowest BCUT2D eigenvalue weighted by molar-refractivity contribution is -0.123. The van der Waals surface area contributed by atoms with E-state index in [1.165, 1.54) is 12.8 Å². The molecule has 0 radical (unpaired) electrons. The molecule has 17 heavy (non-hydrogen) atoms. The van der Waals surface area contributed by atoms with Crippen molar-refractivity contribution in [2.75, 3.05) is 26.2 Å². The minimum atomic E-state index is -0.281. The number of carbonyl (C=O) groups excluding carboxylic acids is 1. The smallest absolute Gasteiger partial charge is 0.234 e. The minimum Gasteiger partial charge on any atom is -0.392 e. The Labute approximate surface area is 104 Å². The molecule has 1 rings (SSSR count). The Hall–Kier alpha value is -0.610. The summed E-state index contributed by atoms with van der Waals surface area (Å²) in [6, 6.07) is 0. The fraction of sp³-hybridized carbons (Fsp3) is 0.923. The number of hydrogen-bond donors (Lipinski definition) is 2. The van der Waals surface area contributed by atoms with Crippen LogP contribution in [-0.4, -0.2) is 48.2 Å². The molecule has 4 nitrogen and oxygen atoms in total. The van der Waals surface area contributed by atoms with E-state index in [2.05, 4.69) is 19.2 Å². The summed E-state index contributed by atoms with van der Waals surface area (Å²) < 4.78 is 0. The van der Waals surface area contributed by atoms with Crippen LogP contribution in [0.3, 0.4) is 0 Å². The van der Waals surface area contributed by atoms with Gasteiger partial charge in [0.25, 0.3) is 0 Å². The quantitative estimate of drug-likeness (QED) is 0.683. The lowest BCUT2D eigenvalue weighted by atomic mass is 9.96. The maximum absolute atomic E-state index is 11.6. The van der Waals surface area contributed by atoms with Gasteiger partial charge in [-0.25, -0.2) is 0 Å². The predicted molar refractivity (Wildman–Crippen MR) is 68.8 cm³/mol. The molecule has 1 aliphatic rings. The zero-order valence-corrected chi connectivity index (χ0v) is 11.1. The van der Waals surface area contributed by atoms with Crippen molar-refractivity contribution in [1.29, 1.82) is 0 Å². The first-order valence-electron chi connectivity index (χ1n) is 6.80. The van der Waals surface area contributed by atoms with Crippen LogP contribution in [0, 0.1) is 5.92 Å². The Morgan fingerprint density at radius 1 is 1.47 bits per heavy atom. The van der Waals surface area contributed by atoms with Crippen LogP contribution in [0.25, 0.3) is 0 Å². The number of piperidine rings is 1. The number of β-amino-alcohol motifs (C(OH)–C–C–N with tert-alkyl or cyclic N) is 1. The van der Waals surface area contributed by atoms with Crippen LogP contribution in [0.2, 0.25) is 0 Å². The number of likely N-dealkylation sites (tertiary alicyclic amines) is 1. The first-order chi connectivity index (χ1) is 8.13. The van der Waals surface area contributed by atoms with Crippen molar-refractivity contribution < 1.29 is 9.90 Å². The van der Waals surface area contributed by atoms with E-state index in [4.69, 9.17) is 0 Å². The van der Waals surface area contributed by atoms with Gasteiger partial charge in [0, 0.05) is 13.1 Å². The average molecular weight is 242 g/mol. The fourth-order valence-corrected chi connectivity index (χ4v) is 2.12. The molecular formula is C13H26N2O2. The molecule has 0 aromatic rings. The molecule has 0 aromatic heterocycles. The Morgan fingerprint density at radius 3 is 2.88 bits per heavy atom. The third-order valence-corrected chi connectivity index (χ3v) is 3.47. The molecule has 2 atom stereocenters. The number of nitrogens with one attached hydrogen (secondary N) is 1. The number of aliphatic hydroxyl groups is 1. The molecular weight excluding hydrogens is 216 g/mol. The van der Waals surface area contributed by atoms with Gasteiger partial charge in [-0.05, 0) is 25.3 Å². The van der Waals surface area contributed by atoms with Gasteiger partial charge in [0.15, 0.2) is 0 Å². The summed E-state index contributed by atoms with van der Waals surface area (Å²) in [5.74, 6) is 0.446. The van der Waals surface area contributed by atoms with Gasteiger partial charge in [0.1, 0.15) is 0 Å². The second-order valence-electron chi connectivity index (χ2n) is 5.13. The lowest BCUT2D eigenvalue weighted by Gasteiger charge is -2.33. The van der Waals surface area contributed by atoms with Gasteiger partial charge in [-0.2, -0.15) is 0 Å². The number of carbonyl (C=O) groups is 1. The minimum absolute atomic E-state index is 0.0860. The van der Waals surface area contributed by atoms with Crippen molar-refractivity contribution in [2.24, 2.45) is 5.92 Å². The standard InChI is InChI=1S/C13H26N2O2/c1-3-4-5-7-14-13(17)10-15-8-6-11(2)12(16)9-15/h11-12,16H,3-10H2,1-2H3,(H,14,17). The molecule has 0 aliphatic carbocycles. The van der Waals surface area contributed by atoms with E-state index in [1.54, 1.807) is 0 Å². The Balaban J connectivity index is 2.14. The topological polar surface area (TPSA) is 52.6 Å². The van der Waals surface area contributed by atoms with E-state index < -0.39 is 0 Å². The highest BCUT2D eigenvalue weighted by atomic mass is 16.3. The largest absolute Gasteiger partial charge is 0.392 e. The van der Waals surface area contributed by atoms with Crippen LogP contribution in [0.5, 0.6) is 0 Å². The zero-order chi connectivity index (χ0) is 12.7. The van der Waals surface area contributed by atoms with Crippen molar-refractivity contribution in [2.45, 2.75) is 45.6 Å². The average Bonchev–Trinajstić information content (AvgIpc) is 2.30. The van der Waals surface area contributed by atoms with Crippen LogP contribution in [-0.2, 0) is 4.79 Å². The second kappa shape index (κ2) is 7.67. The summed E-state index contributed by atoms with van der Waals surface area (Å²) in [5.41, 5.74) is 0. The SMILES string of the molecule is CCCCCNC(=O)CN1CCC(C)C(O)C1. The van der Waals surface area contributed by atoms with Gasteiger partial charge < -0.3 is 10.4 Å². The van der Waals surface area contributed by atoms with Crippen molar-refractivity contribution in [3.63, 3.8) is 0 Å². The van der Waals surface area contributed by atoms with E-state index in [0.29, 0.717) is 19.0 Å². The summed E-state index contributed by atoms with van der Waals surface area (Å²) in [6.07, 6.45) is 4.09. The van der Waals surface area contributed by atoms with Gasteiger partial charge in [-0.1, -0.05) is 26.7 Å². The predicted octanol–water partition coefficient (Wildman–Crippen LogP) is 0.995. The molecule has 1 amide bonds. The molecule has 0 bridgehead atoms. The summed E-state index contributed by atoms with van der Waals surface area (Å²) in [4.78, 5) is 13.7. The number of rotatable bonds is 6. The Morgan fingerprint density at radius 2 is 2.24 bits per heavy atom. The van der Waals surface area contributed by atoms with Crippen LogP contribution in [0.1, 0.15) is 39.5 Å². The molecule has 1 heterocycles. The van der Waals surface area contributed by atoms with Crippen molar-refractivity contribution in [1.82, 2.24) is 10.2 Å². The summed E-state index contributed by atoms with van der Waals surface area (Å²) in [7, 11) is 0. The third kappa shape index (κ3) is 5.50. The van der Waals surface area contributed by atoms with E-state index in [-0.39, 0.29) is 12.0 Å². The number of unbranched alkanes of at least 4 members (excludes halogenated alkanes) is 2. The highest BCUT2D eigenvalue weighted by molar-refractivity contribution is 5.77. The highest BCUT2D eigenvalue weighted by Gasteiger charge is 2.25. The molecule has 100 valence electrons. The van der Waals surface area contributed by atoms with Gasteiger partial charge >= 0.3 is 0 Å². The Bertz CT molecular complexity index is 233. The summed E-state index contributed by atoms with van der Waals surface area (Å²) in [5, 5.41) is 12.7. The molecule has 1 saturated heterocycles. The maximum Gasteiger partial charge on any atom is 0.234 e. The van der Waals surface area contributed by atoms with E-state index in [1.807, 2.05) is 4.90 Å². The first kappa shape index (κ1) is 14.5. The molecule has 2 N–H and O–H groups in total. The van der Waals surface area contributed by atoms with Crippen LogP contribution >= 0.6 is 0 Å². The molecule has 1 aliphatic heterocycles. The molecule has 1 fully saturated rings. The molecule has 0 saturated carbocycles. The summed E-state index contributed by atoms with van der Waals surface area (Å²) >= 11 is 0. The molecule has 0 aromatic carbocycles. The van der Waals surface area contributed by atoms with Crippen molar-refractivity contribution in [3.8, 4) is 0 Å². The highest BCUT2D eigenvalue weighted by Crippen LogP contribution is 2.16. The molecule has 0 spiro atoms. The Kier molecular flexibility index (Phi) is 6.52. The number of amides is 1. The molecule has 4 heteroatoms. The monoisotopic (exact) mass is 242 g/mol. The normalized spacial score (nSPS) is 25.8. The van der Waals surface area contributed by atoms with Gasteiger partial charge in [-0.3, -0.25) is 9.69 Å². The van der Waals surface area contributed by atoms with Crippen LogP contribution in [0.15, 0.2) is 0 Å².